The van der Waals surface area contributed by atoms with Gasteiger partial charge in [0, 0.05) is 0 Å². The third kappa shape index (κ3) is 2.00. The molecule has 0 saturated heterocycles. The summed E-state index contributed by atoms with van der Waals surface area (Å²) in [6.45, 7) is 0. The molecule has 0 aliphatic rings. The zero-order valence-electron chi connectivity index (χ0n) is 13.2. The van der Waals surface area contributed by atoms with Gasteiger partial charge in [0.05, 0.1) is 0 Å². The van der Waals surface area contributed by atoms with E-state index in [-0.39, 0.29) is 0 Å². The first-order valence-electron chi connectivity index (χ1n) is 8.30. The molecule has 0 radical (unpaired) electrons. The standard InChI is InChI=1S/C24H16/c1-2-6-17(7-3-1)20-11-10-19-13-14-22-21-9-5-4-8-18(21)12-15-23(22)24(19)16-20/h1-16H. The lowest BCUT2D eigenvalue weighted by atomic mass is 9.94. The van der Waals surface area contributed by atoms with Gasteiger partial charge in [-0.05, 0) is 49.5 Å². The molecule has 0 amide bonds. The summed E-state index contributed by atoms with van der Waals surface area (Å²) in [6, 6.07) is 34.9. The fraction of sp³-hybridized carbons (Fsp3) is 0. The van der Waals surface area contributed by atoms with Crippen molar-refractivity contribution >= 4 is 32.3 Å². The molecule has 0 heteroatoms. The molecule has 0 atom stereocenters. The van der Waals surface area contributed by atoms with Gasteiger partial charge in [0.2, 0.25) is 0 Å². The monoisotopic (exact) mass is 304 g/mol. The molecule has 0 bridgehead atoms. The van der Waals surface area contributed by atoms with Gasteiger partial charge in [-0.25, -0.2) is 0 Å². The first-order valence-corrected chi connectivity index (χ1v) is 8.30. The van der Waals surface area contributed by atoms with E-state index in [9.17, 15) is 0 Å². The van der Waals surface area contributed by atoms with Crippen LogP contribution in [0, 0.1) is 0 Å². The van der Waals surface area contributed by atoms with Crippen LogP contribution in [-0.2, 0) is 0 Å². The maximum absolute atomic E-state index is 2.32. The van der Waals surface area contributed by atoms with E-state index in [1.165, 1.54) is 43.4 Å². The fourth-order valence-electron chi connectivity index (χ4n) is 3.63. The van der Waals surface area contributed by atoms with Gasteiger partial charge in [-0.3, -0.25) is 0 Å². The van der Waals surface area contributed by atoms with Crippen molar-refractivity contribution in [1.29, 1.82) is 0 Å². The Bertz CT molecular complexity index is 1180. The Kier molecular flexibility index (Phi) is 2.89. The molecule has 5 aromatic rings. The Morgan fingerprint density at radius 2 is 0.958 bits per heavy atom. The Labute approximate surface area is 141 Å². The minimum Gasteiger partial charge on any atom is -0.0622 e. The predicted octanol–water partition coefficient (Wildman–Crippen LogP) is 6.81. The Balaban J connectivity index is 1.87. The third-order valence-corrected chi connectivity index (χ3v) is 4.85. The maximum atomic E-state index is 2.32. The molecule has 0 saturated carbocycles. The lowest BCUT2D eigenvalue weighted by Crippen LogP contribution is -1.83. The highest BCUT2D eigenvalue weighted by molar-refractivity contribution is 6.17. The summed E-state index contributed by atoms with van der Waals surface area (Å²) in [5.74, 6) is 0. The molecule has 0 aliphatic heterocycles. The van der Waals surface area contributed by atoms with Crippen LogP contribution in [0.1, 0.15) is 0 Å². The van der Waals surface area contributed by atoms with Crippen LogP contribution in [0.4, 0.5) is 0 Å². The summed E-state index contributed by atoms with van der Waals surface area (Å²) in [7, 11) is 0. The summed E-state index contributed by atoms with van der Waals surface area (Å²) in [5.41, 5.74) is 2.53. The van der Waals surface area contributed by atoms with Gasteiger partial charge < -0.3 is 0 Å². The van der Waals surface area contributed by atoms with Crippen molar-refractivity contribution in [2.24, 2.45) is 0 Å². The molecule has 112 valence electrons. The number of rotatable bonds is 1. The first-order chi connectivity index (χ1) is 11.9. The zero-order valence-corrected chi connectivity index (χ0v) is 13.2. The summed E-state index contributed by atoms with van der Waals surface area (Å²) in [4.78, 5) is 0. The van der Waals surface area contributed by atoms with Crippen LogP contribution in [0.15, 0.2) is 97.1 Å². The molecule has 0 aromatic heterocycles. The molecule has 5 rings (SSSR count). The van der Waals surface area contributed by atoms with Crippen LogP contribution >= 0.6 is 0 Å². The Hall–Kier alpha value is -3.12. The van der Waals surface area contributed by atoms with Crippen molar-refractivity contribution in [3.8, 4) is 11.1 Å². The molecule has 0 unspecified atom stereocenters. The molecule has 0 fully saturated rings. The third-order valence-electron chi connectivity index (χ3n) is 4.85. The van der Waals surface area contributed by atoms with Crippen LogP contribution in [0.25, 0.3) is 43.4 Å². The number of hydrogen-bond acceptors (Lipinski definition) is 0. The lowest BCUT2D eigenvalue weighted by Gasteiger charge is -2.09. The number of hydrogen-bond donors (Lipinski definition) is 0. The van der Waals surface area contributed by atoms with Gasteiger partial charge in [0.25, 0.3) is 0 Å². The molecule has 0 heterocycles. The summed E-state index contributed by atoms with van der Waals surface area (Å²) >= 11 is 0. The van der Waals surface area contributed by atoms with Gasteiger partial charge >= 0.3 is 0 Å². The van der Waals surface area contributed by atoms with Crippen LogP contribution in [0.3, 0.4) is 0 Å². The largest absolute Gasteiger partial charge is 0.0622 e. The topological polar surface area (TPSA) is 0 Å². The van der Waals surface area contributed by atoms with Crippen LogP contribution in [0.5, 0.6) is 0 Å². The molecule has 5 aromatic carbocycles. The first kappa shape index (κ1) is 13.3. The Morgan fingerprint density at radius 1 is 0.333 bits per heavy atom. The maximum Gasteiger partial charge on any atom is -0.00987 e. The molecule has 0 N–H and O–H groups in total. The van der Waals surface area contributed by atoms with E-state index in [2.05, 4.69) is 97.1 Å². The van der Waals surface area contributed by atoms with Gasteiger partial charge in [0.1, 0.15) is 0 Å². The van der Waals surface area contributed by atoms with Gasteiger partial charge in [0.15, 0.2) is 0 Å². The minimum absolute atomic E-state index is 1.26. The highest BCUT2D eigenvalue weighted by Crippen LogP contribution is 2.33. The van der Waals surface area contributed by atoms with Gasteiger partial charge in [-0.2, -0.15) is 0 Å². The number of benzene rings is 5. The van der Waals surface area contributed by atoms with Crippen LogP contribution in [0.2, 0.25) is 0 Å². The van der Waals surface area contributed by atoms with Gasteiger partial charge in [-0.1, -0.05) is 91.0 Å². The second-order valence-corrected chi connectivity index (χ2v) is 6.25. The highest BCUT2D eigenvalue weighted by atomic mass is 14.1. The number of fused-ring (bicyclic) bond motifs is 5. The minimum atomic E-state index is 1.26. The highest BCUT2D eigenvalue weighted by Gasteiger charge is 2.06. The smallest absolute Gasteiger partial charge is 0.00987 e. The van der Waals surface area contributed by atoms with E-state index >= 15 is 0 Å². The van der Waals surface area contributed by atoms with E-state index in [1.54, 1.807) is 0 Å². The average molecular weight is 304 g/mol. The van der Waals surface area contributed by atoms with E-state index in [4.69, 9.17) is 0 Å². The van der Waals surface area contributed by atoms with Crippen LogP contribution < -0.4 is 0 Å². The average Bonchev–Trinajstić information content (AvgIpc) is 2.67. The summed E-state index contributed by atoms with van der Waals surface area (Å²) in [5, 5.41) is 7.87. The zero-order chi connectivity index (χ0) is 15.9. The molecular formula is C24H16. The second kappa shape index (κ2) is 5.21. The molecular weight excluding hydrogens is 288 g/mol. The molecule has 24 heavy (non-hydrogen) atoms. The quantitative estimate of drug-likeness (QED) is 0.298. The van der Waals surface area contributed by atoms with Crippen molar-refractivity contribution < 1.29 is 0 Å². The van der Waals surface area contributed by atoms with E-state index in [0.717, 1.165) is 0 Å². The summed E-state index contributed by atoms with van der Waals surface area (Å²) in [6.07, 6.45) is 0. The second-order valence-electron chi connectivity index (χ2n) is 6.25. The van der Waals surface area contributed by atoms with Crippen molar-refractivity contribution in [3.05, 3.63) is 97.1 Å². The predicted molar refractivity (Wildman–Crippen MR) is 104 cm³/mol. The lowest BCUT2D eigenvalue weighted by molar-refractivity contribution is 1.65. The van der Waals surface area contributed by atoms with Crippen LogP contribution in [-0.4, -0.2) is 0 Å². The van der Waals surface area contributed by atoms with E-state index < -0.39 is 0 Å². The van der Waals surface area contributed by atoms with Crippen molar-refractivity contribution in [2.45, 2.75) is 0 Å². The van der Waals surface area contributed by atoms with Gasteiger partial charge in [-0.15, -0.1) is 0 Å². The van der Waals surface area contributed by atoms with Crippen molar-refractivity contribution in [1.82, 2.24) is 0 Å². The van der Waals surface area contributed by atoms with E-state index in [0.29, 0.717) is 0 Å². The molecule has 0 nitrogen and oxygen atoms in total. The fourth-order valence-corrected chi connectivity index (χ4v) is 3.63. The van der Waals surface area contributed by atoms with Crippen molar-refractivity contribution in [3.63, 3.8) is 0 Å². The normalized spacial score (nSPS) is 11.3. The van der Waals surface area contributed by atoms with E-state index in [1.807, 2.05) is 0 Å². The molecule has 0 aliphatic carbocycles. The van der Waals surface area contributed by atoms with Crippen molar-refractivity contribution in [2.75, 3.05) is 0 Å². The summed E-state index contributed by atoms with van der Waals surface area (Å²) < 4.78 is 0. The Morgan fingerprint density at radius 3 is 1.79 bits per heavy atom. The molecule has 0 spiro atoms. The SMILES string of the molecule is c1ccc(-c2ccc3ccc4c5ccccc5ccc4c3c2)cc1.